The third-order valence-corrected chi connectivity index (χ3v) is 4.71. The number of halogens is 5. The molecule has 1 unspecified atom stereocenters. The van der Waals surface area contributed by atoms with Crippen molar-refractivity contribution in [2.24, 2.45) is 5.73 Å². The van der Waals surface area contributed by atoms with Gasteiger partial charge in [0.05, 0.1) is 30.3 Å². The van der Waals surface area contributed by atoms with E-state index >= 15 is 0 Å². The number of nitrogens with two attached hydrogens (primary N) is 1. The molecule has 3 N–H and O–H groups in total. The fourth-order valence-electron chi connectivity index (χ4n) is 1.83. The molecular formula is C16H20Cl3F2N3O2S. The molecule has 0 aliphatic heterocycles. The summed E-state index contributed by atoms with van der Waals surface area (Å²) in [5.74, 6) is -2.21. The van der Waals surface area contributed by atoms with Gasteiger partial charge in [0.15, 0.2) is 5.76 Å². The Hall–Kier alpha value is -1.06. The molecule has 2 aromatic rings. The van der Waals surface area contributed by atoms with E-state index in [2.05, 4.69) is 10.3 Å². The van der Waals surface area contributed by atoms with Crippen LogP contribution >= 0.6 is 48.2 Å². The number of rotatable bonds is 8. The molecule has 0 bridgehead atoms. The Morgan fingerprint density at radius 2 is 2.00 bits per heavy atom. The lowest BCUT2D eigenvalue weighted by atomic mass is 10.2. The monoisotopic (exact) mass is 461 g/mol. The number of alkyl halides is 2. The van der Waals surface area contributed by atoms with Gasteiger partial charge < -0.3 is 15.5 Å². The molecule has 1 atom stereocenters. The van der Waals surface area contributed by atoms with Crippen LogP contribution in [-0.4, -0.2) is 35.2 Å². The quantitative estimate of drug-likeness (QED) is 0.615. The third-order valence-electron chi connectivity index (χ3n) is 3.33. The number of amides is 1. The minimum Gasteiger partial charge on any atom is -0.440 e. The number of carbonyl (C=O) groups is 1. The molecular weight excluding hydrogens is 443 g/mol. The first-order valence-electron chi connectivity index (χ1n) is 7.48. The molecule has 1 aromatic carbocycles. The molecule has 0 aliphatic carbocycles. The maximum atomic E-state index is 13.0. The van der Waals surface area contributed by atoms with Crippen LogP contribution < -0.4 is 11.1 Å². The van der Waals surface area contributed by atoms with Crippen molar-refractivity contribution in [1.82, 2.24) is 10.3 Å². The minimum absolute atomic E-state index is 0. The Morgan fingerprint density at radius 1 is 1.37 bits per heavy atom. The summed E-state index contributed by atoms with van der Waals surface area (Å²) in [7, 11) is 0. The number of aromatic nitrogens is 1. The SMILES string of the molecule is CC(SCc1ncc(-c2ccc(Cl)cc2)o1)C(=O)NCC(F)(F)CN.Cl.Cl. The summed E-state index contributed by atoms with van der Waals surface area (Å²) in [6, 6.07) is 7.12. The standard InChI is InChI=1S/C16H18ClF2N3O2S.2ClH/c1-10(15(23)22-9-16(18,19)8-20)25-7-14-21-6-13(24-14)11-2-4-12(17)5-3-11;;/h2-6,10H,7-9,20H2,1H3,(H,22,23);2*1H. The largest absolute Gasteiger partial charge is 0.440 e. The predicted molar refractivity (Wildman–Crippen MR) is 109 cm³/mol. The maximum Gasteiger partial charge on any atom is 0.277 e. The van der Waals surface area contributed by atoms with Crippen LogP contribution in [0.15, 0.2) is 34.9 Å². The fraction of sp³-hybridized carbons (Fsp3) is 0.375. The highest BCUT2D eigenvalue weighted by Crippen LogP contribution is 2.25. The summed E-state index contributed by atoms with van der Waals surface area (Å²) >= 11 is 7.08. The molecule has 1 aromatic heterocycles. The molecule has 0 radical (unpaired) electrons. The van der Waals surface area contributed by atoms with Crippen molar-refractivity contribution in [1.29, 1.82) is 0 Å². The number of nitrogens with zero attached hydrogens (tertiary/aromatic N) is 1. The number of hydrogen-bond donors (Lipinski definition) is 2. The highest BCUT2D eigenvalue weighted by molar-refractivity contribution is 7.99. The zero-order chi connectivity index (χ0) is 18.4. The van der Waals surface area contributed by atoms with Crippen molar-refractivity contribution in [2.45, 2.75) is 23.8 Å². The van der Waals surface area contributed by atoms with Crippen LogP contribution in [0.3, 0.4) is 0 Å². The Kier molecular flexibility index (Phi) is 11.2. The molecule has 5 nitrogen and oxygen atoms in total. The number of hydrogen-bond acceptors (Lipinski definition) is 5. The van der Waals surface area contributed by atoms with Crippen LogP contribution in [0.5, 0.6) is 0 Å². The molecule has 1 amide bonds. The van der Waals surface area contributed by atoms with Crippen molar-refractivity contribution in [3.05, 3.63) is 41.4 Å². The summed E-state index contributed by atoms with van der Waals surface area (Å²) < 4.78 is 31.7. The lowest BCUT2D eigenvalue weighted by Crippen LogP contribution is -2.43. The van der Waals surface area contributed by atoms with Crippen LogP contribution in [-0.2, 0) is 10.5 Å². The molecule has 0 saturated carbocycles. The molecule has 152 valence electrons. The first-order valence-corrected chi connectivity index (χ1v) is 8.91. The van der Waals surface area contributed by atoms with Gasteiger partial charge in [-0.1, -0.05) is 11.6 Å². The van der Waals surface area contributed by atoms with E-state index in [1.165, 1.54) is 11.8 Å². The van der Waals surface area contributed by atoms with Gasteiger partial charge in [-0.05, 0) is 31.2 Å². The second-order valence-corrected chi connectivity index (χ2v) is 7.12. The van der Waals surface area contributed by atoms with Crippen molar-refractivity contribution in [3.8, 4) is 11.3 Å². The van der Waals surface area contributed by atoms with Crippen LogP contribution in [0, 0.1) is 0 Å². The topological polar surface area (TPSA) is 81.2 Å². The molecule has 2 rings (SSSR count). The molecule has 1 heterocycles. The summed E-state index contributed by atoms with van der Waals surface area (Å²) in [6.45, 7) is 0.0508. The first kappa shape index (κ1) is 25.9. The van der Waals surface area contributed by atoms with E-state index in [1.807, 2.05) is 12.1 Å². The van der Waals surface area contributed by atoms with E-state index in [9.17, 15) is 13.6 Å². The van der Waals surface area contributed by atoms with Crippen LogP contribution in [0.2, 0.25) is 5.02 Å². The van der Waals surface area contributed by atoms with Gasteiger partial charge in [-0.25, -0.2) is 13.8 Å². The average molecular weight is 463 g/mol. The minimum atomic E-state index is -3.10. The van der Waals surface area contributed by atoms with E-state index in [0.29, 0.717) is 22.4 Å². The van der Waals surface area contributed by atoms with Gasteiger partial charge in [-0.3, -0.25) is 4.79 Å². The first-order chi connectivity index (χ1) is 11.8. The summed E-state index contributed by atoms with van der Waals surface area (Å²) in [5.41, 5.74) is 5.76. The van der Waals surface area contributed by atoms with Gasteiger partial charge in [0.1, 0.15) is 0 Å². The van der Waals surface area contributed by atoms with Crippen LogP contribution in [0.4, 0.5) is 8.78 Å². The zero-order valence-electron chi connectivity index (χ0n) is 14.3. The highest BCUT2D eigenvalue weighted by atomic mass is 35.5. The Bertz CT molecular complexity index is 717. The number of nitrogens with one attached hydrogen (secondary N) is 1. The van der Waals surface area contributed by atoms with E-state index in [0.717, 1.165) is 5.56 Å². The van der Waals surface area contributed by atoms with Gasteiger partial charge in [0.25, 0.3) is 5.92 Å². The van der Waals surface area contributed by atoms with E-state index in [1.54, 1.807) is 25.3 Å². The lowest BCUT2D eigenvalue weighted by Gasteiger charge is -2.16. The van der Waals surface area contributed by atoms with Crippen molar-refractivity contribution in [2.75, 3.05) is 13.1 Å². The number of carbonyl (C=O) groups excluding carboxylic acids is 1. The fourth-order valence-corrected chi connectivity index (χ4v) is 2.72. The number of thioether (sulfide) groups is 1. The molecule has 0 saturated heterocycles. The van der Waals surface area contributed by atoms with Crippen molar-refractivity contribution in [3.63, 3.8) is 0 Å². The smallest absolute Gasteiger partial charge is 0.277 e. The molecule has 0 aliphatic rings. The number of benzene rings is 1. The van der Waals surface area contributed by atoms with Gasteiger partial charge in [-0.2, -0.15) is 0 Å². The molecule has 0 spiro atoms. The molecule has 27 heavy (non-hydrogen) atoms. The van der Waals surface area contributed by atoms with Gasteiger partial charge in [0.2, 0.25) is 11.8 Å². The maximum absolute atomic E-state index is 13.0. The van der Waals surface area contributed by atoms with Gasteiger partial charge in [-0.15, -0.1) is 36.6 Å². The second kappa shape index (κ2) is 11.7. The molecule has 11 heteroatoms. The Morgan fingerprint density at radius 3 is 2.59 bits per heavy atom. The second-order valence-electron chi connectivity index (χ2n) is 5.36. The number of oxazole rings is 1. The van der Waals surface area contributed by atoms with E-state index in [4.69, 9.17) is 21.8 Å². The Labute approximate surface area is 177 Å². The van der Waals surface area contributed by atoms with E-state index < -0.39 is 30.2 Å². The van der Waals surface area contributed by atoms with E-state index in [-0.39, 0.29) is 24.8 Å². The third kappa shape index (κ3) is 8.23. The zero-order valence-corrected chi connectivity index (χ0v) is 17.5. The summed E-state index contributed by atoms with van der Waals surface area (Å²) in [5, 5.41) is 2.29. The van der Waals surface area contributed by atoms with Gasteiger partial charge >= 0.3 is 0 Å². The van der Waals surface area contributed by atoms with Crippen molar-refractivity contribution >= 4 is 54.1 Å². The lowest BCUT2D eigenvalue weighted by molar-refractivity contribution is -0.122. The summed E-state index contributed by atoms with van der Waals surface area (Å²) in [6.07, 6.45) is 1.59. The average Bonchev–Trinajstić information content (AvgIpc) is 3.07. The highest BCUT2D eigenvalue weighted by Gasteiger charge is 2.28. The Balaban J connectivity index is 0.00000338. The summed E-state index contributed by atoms with van der Waals surface area (Å²) in [4.78, 5) is 16.0. The van der Waals surface area contributed by atoms with Crippen molar-refractivity contribution < 1.29 is 18.0 Å². The van der Waals surface area contributed by atoms with Gasteiger partial charge in [0, 0.05) is 10.6 Å². The van der Waals surface area contributed by atoms with Crippen LogP contribution in [0.1, 0.15) is 12.8 Å². The normalized spacial score (nSPS) is 11.9. The molecule has 0 fully saturated rings. The van der Waals surface area contributed by atoms with Crippen LogP contribution in [0.25, 0.3) is 11.3 Å². The predicted octanol–water partition coefficient (Wildman–Crippen LogP) is 4.17.